The molecule has 0 fully saturated rings. The Morgan fingerprint density at radius 2 is 1.92 bits per heavy atom. The minimum atomic E-state index is -0.282. The summed E-state index contributed by atoms with van der Waals surface area (Å²) in [6.45, 7) is 0. The van der Waals surface area contributed by atoms with Crippen LogP contribution in [0.25, 0.3) is 10.9 Å². The van der Waals surface area contributed by atoms with Crippen LogP contribution in [0, 0.1) is 0 Å². The van der Waals surface area contributed by atoms with E-state index in [1.165, 1.54) is 6.33 Å². The third-order valence-electron chi connectivity index (χ3n) is 3.80. The first kappa shape index (κ1) is 16.4. The number of fused-ring (bicyclic) bond motifs is 1. The summed E-state index contributed by atoms with van der Waals surface area (Å²) in [5.41, 5.74) is 1.68. The van der Waals surface area contributed by atoms with Gasteiger partial charge in [0.05, 0.1) is 30.2 Å². The maximum Gasteiger partial charge on any atom is 0.225 e. The third kappa shape index (κ3) is 3.10. The first-order valence-corrected chi connectivity index (χ1v) is 7.82. The molecule has 1 aliphatic rings. The van der Waals surface area contributed by atoms with Crippen LogP contribution in [0.5, 0.6) is 17.4 Å². The maximum atomic E-state index is 6.33. The van der Waals surface area contributed by atoms with Gasteiger partial charge < -0.3 is 19.5 Å². The number of ether oxygens (including phenoxy) is 3. The van der Waals surface area contributed by atoms with Crippen molar-refractivity contribution < 1.29 is 14.2 Å². The molecule has 1 aromatic carbocycles. The summed E-state index contributed by atoms with van der Waals surface area (Å²) in [7, 11) is 5.02. The van der Waals surface area contributed by atoms with E-state index in [4.69, 9.17) is 25.8 Å². The topological polar surface area (TPSA) is 65.5 Å². The van der Waals surface area contributed by atoms with Gasteiger partial charge in [0.25, 0.3) is 0 Å². The van der Waals surface area contributed by atoms with Crippen molar-refractivity contribution in [2.75, 3.05) is 21.3 Å². The van der Waals surface area contributed by atoms with Crippen molar-refractivity contribution in [3.8, 4) is 17.4 Å². The summed E-state index contributed by atoms with van der Waals surface area (Å²) in [6, 6.07) is 3.60. The molecule has 7 heteroatoms. The largest absolute Gasteiger partial charge is 0.493 e. The molecule has 3 rings (SSSR count). The number of rotatable bonds is 5. The second-order valence-electron chi connectivity index (χ2n) is 5.18. The Kier molecular flexibility index (Phi) is 4.76. The fourth-order valence-corrected chi connectivity index (χ4v) is 2.76. The monoisotopic (exact) mass is 347 g/mol. The predicted octanol–water partition coefficient (Wildman–Crippen LogP) is 3.02. The van der Waals surface area contributed by atoms with E-state index in [9.17, 15) is 0 Å². The number of benzene rings is 1. The van der Waals surface area contributed by atoms with Crippen LogP contribution in [0.15, 0.2) is 41.3 Å². The molecule has 1 N–H and O–H groups in total. The van der Waals surface area contributed by atoms with Crippen molar-refractivity contribution in [2.24, 2.45) is 0 Å². The lowest BCUT2D eigenvalue weighted by Crippen LogP contribution is -2.21. The van der Waals surface area contributed by atoms with Crippen LogP contribution in [0.2, 0.25) is 0 Å². The van der Waals surface area contributed by atoms with E-state index >= 15 is 0 Å². The van der Waals surface area contributed by atoms with E-state index in [0.29, 0.717) is 34.3 Å². The summed E-state index contributed by atoms with van der Waals surface area (Å²) in [5, 5.41) is 4.42. The second-order valence-corrected chi connectivity index (χ2v) is 5.62. The van der Waals surface area contributed by atoms with Crippen LogP contribution >= 0.6 is 11.6 Å². The van der Waals surface area contributed by atoms with Crippen molar-refractivity contribution in [3.63, 3.8) is 0 Å². The van der Waals surface area contributed by atoms with Gasteiger partial charge >= 0.3 is 0 Å². The number of nitrogens with one attached hydrogen (secondary N) is 1. The Balaban J connectivity index is 1.96. The highest BCUT2D eigenvalue weighted by Gasteiger charge is 2.20. The van der Waals surface area contributed by atoms with Gasteiger partial charge in [0, 0.05) is 25.2 Å². The van der Waals surface area contributed by atoms with Gasteiger partial charge in [-0.05, 0) is 12.1 Å². The summed E-state index contributed by atoms with van der Waals surface area (Å²) < 4.78 is 16.7. The maximum absolute atomic E-state index is 6.33. The number of hydrogen-bond donors (Lipinski definition) is 1. The zero-order chi connectivity index (χ0) is 17.1. The molecule has 0 saturated heterocycles. The predicted molar refractivity (Wildman–Crippen MR) is 92.8 cm³/mol. The first-order valence-electron chi connectivity index (χ1n) is 7.44. The van der Waals surface area contributed by atoms with Gasteiger partial charge in [0.2, 0.25) is 5.88 Å². The van der Waals surface area contributed by atoms with Gasteiger partial charge in [-0.25, -0.2) is 9.97 Å². The molecule has 1 aliphatic carbocycles. The molecule has 24 heavy (non-hydrogen) atoms. The molecule has 1 heterocycles. The average molecular weight is 348 g/mol. The van der Waals surface area contributed by atoms with Crippen molar-refractivity contribution in [1.82, 2.24) is 15.3 Å². The number of halogens is 1. The molecule has 0 spiro atoms. The van der Waals surface area contributed by atoms with E-state index in [1.807, 2.05) is 19.2 Å². The standard InChI is InChI=1S/C17H18ClN3O3/c1-19-10-4-5-14(12(18)6-10)24-17-11-7-15(22-2)16(23-3)8-13(11)20-9-21-17/h4,6-9,14,19H,5H2,1-3H3. The van der Waals surface area contributed by atoms with E-state index in [0.717, 1.165) is 11.1 Å². The molecule has 1 aromatic heterocycles. The van der Waals surface area contributed by atoms with Gasteiger partial charge in [-0.2, -0.15) is 0 Å². The SMILES string of the molecule is CNC1=CCC(Oc2ncnc3cc(OC)c(OC)cc23)C(Cl)=C1. The molecule has 0 aliphatic heterocycles. The van der Waals surface area contributed by atoms with Crippen molar-refractivity contribution in [1.29, 1.82) is 0 Å². The molecule has 0 radical (unpaired) electrons. The summed E-state index contributed by atoms with van der Waals surface area (Å²) in [4.78, 5) is 8.52. The number of allylic oxidation sites excluding steroid dienone is 1. The molecule has 1 atom stereocenters. The molecule has 2 aromatic rings. The first-order chi connectivity index (χ1) is 11.7. The zero-order valence-corrected chi connectivity index (χ0v) is 14.4. The zero-order valence-electron chi connectivity index (χ0n) is 13.7. The van der Waals surface area contributed by atoms with Crippen LogP contribution in [0.4, 0.5) is 0 Å². The van der Waals surface area contributed by atoms with Crippen LogP contribution in [0.3, 0.4) is 0 Å². The van der Waals surface area contributed by atoms with Crippen molar-refractivity contribution in [2.45, 2.75) is 12.5 Å². The Hall–Kier alpha value is -2.47. The fourth-order valence-electron chi connectivity index (χ4n) is 2.51. The van der Waals surface area contributed by atoms with Gasteiger partial charge in [0.1, 0.15) is 12.4 Å². The normalized spacial score (nSPS) is 17.1. The summed E-state index contributed by atoms with van der Waals surface area (Å²) >= 11 is 6.33. The Morgan fingerprint density at radius 3 is 2.58 bits per heavy atom. The molecule has 0 amide bonds. The van der Waals surface area contributed by atoms with Gasteiger partial charge in [-0.3, -0.25) is 0 Å². The Bertz CT molecular complexity index is 820. The summed E-state index contributed by atoms with van der Waals surface area (Å²) in [5.74, 6) is 1.65. The third-order valence-corrected chi connectivity index (χ3v) is 4.15. The molecule has 1 unspecified atom stereocenters. The van der Waals surface area contributed by atoms with Gasteiger partial charge in [0.15, 0.2) is 11.5 Å². The number of hydrogen-bond acceptors (Lipinski definition) is 6. The van der Waals surface area contributed by atoms with E-state index in [2.05, 4.69) is 15.3 Å². The second kappa shape index (κ2) is 6.97. The van der Waals surface area contributed by atoms with E-state index in [1.54, 1.807) is 26.4 Å². The highest BCUT2D eigenvalue weighted by molar-refractivity contribution is 6.30. The molecule has 0 bridgehead atoms. The molecule has 0 saturated carbocycles. The minimum Gasteiger partial charge on any atom is -0.493 e. The summed E-state index contributed by atoms with van der Waals surface area (Å²) in [6.07, 6.45) is 5.71. The smallest absolute Gasteiger partial charge is 0.225 e. The molecule has 126 valence electrons. The quantitative estimate of drug-likeness (QED) is 0.896. The van der Waals surface area contributed by atoms with Crippen LogP contribution in [-0.2, 0) is 0 Å². The van der Waals surface area contributed by atoms with Crippen LogP contribution < -0.4 is 19.5 Å². The minimum absolute atomic E-state index is 0.282. The highest BCUT2D eigenvalue weighted by Crippen LogP contribution is 2.35. The lowest BCUT2D eigenvalue weighted by Gasteiger charge is -2.21. The van der Waals surface area contributed by atoms with E-state index in [-0.39, 0.29) is 6.10 Å². The van der Waals surface area contributed by atoms with Crippen LogP contribution in [0.1, 0.15) is 6.42 Å². The molecular weight excluding hydrogens is 330 g/mol. The van der Waals surface area contributed by atoms with Crippen LogP contribution in [-0.4, -0.2) is 37.3 Å². The Morgan fingerprint density at radius 1 is 1.17 bits per heavy atom. The Labute approximate surface area is 145 Å². The van der Waals surface area contributed by atoms with Gasteiger partial charge in [-0.15, -0.1) is 0 Å². The molecule has 6 nitrogen and oxygen atoms in total. The lowest BCUT2D eigenvalue weighted by molar-refractivity contribution is 0.239. The van der Waals surface area contributed by atoms with Crippen molar-refractivity contribution in [3.05, 3.63) is 41.3 Å². The lowest BCUT2D eigenvalue weighted by atomic mass is 10.1. The molecular formula is C17H18ClN3O3. The average Bonchev–Trinajstić information content (AvgIpc) is 2.62. The fraction of sp³-hybridized carbons (Fsp3) is 0.294. The highest BCUT2D eigenvalue weighted by atomic mass is 35.5. The number of likely N-dealkylation sites (N-methyl/N-ethyl adjacent to an activating group) is 1. The number of nitrogens with zero attached hydrogens (tertiary/aromatic N) is 2. The number of aromatic nitrogens is 2. The van der Waals surface area contributed by atoms with Gasteiger partial charge in [-0.1, -0.05) is 17.7 Å². The number of methoxy groups -OCH3 is 2. The van der Waals surface area contributed by atoms with Crippen molar-refractivity contribution >= 4 is 22.5 Å². The van der Waals surface area contributed by atoms with E-state index < -0.39 is 0 Å².